The van der Waals surface area contributed by atoms with Gasteiger partial charge in [0.1, 0.15) is 11.5 Å². The molecule has 0 saturated carbocycles. The minimum atomic E-state index is -0.881. The first-order valence-corrected chi connectivity index (χ1v) is 6.01. The van der Waals surface area contributed by atoms with E-state index in [1.807, 2.05) is 0 Å². The maximum Gasteiger partial charge on any atom is 0.329 e. The molecule has 7 heteroatoms. The van der Waals surface area contributed by atoms with Crippen molar-refractivity contribution in [3.8, 4) is 5.75 Å². The summed E-state index contributed by atoms with van der Waals surface area (Å²) in [5, 5.41) is 6.04. The van der Waals surface area contributed by atoms with E-state index in [0.29, 0.717) is 17.2 Å². The summed E-state index contributed by atoms with van der Waals surface area (Å²) < 4.78 is 9.97. The molecule has 0 aliphatic rings. The zero-order valence-electron chi connectivity index (χ0n) is 11.2. The maximum atomic E-state index is 11.6. The fourth-order valence-corrected chi connectivity index (χ4v) is 1.43. The Balaban J connectivity index is 1.85. The molecule has 2 amide bonds. The molecular formula is C14H13N3O4. The standard InChI is InChI=1S/C14H13N3O4/c1-20-11-6-4-10(5-7-11)16-13(18)14(19)17-15-9-12-3-2-8-21-12/h2-9H,1H3,(H,16,18)(H,17,19)/b15-9+. The van der Waals surface area contributed by atoms with E-state index in [-0.39, 0.29) is 0 Å². The second kappa shape index (κ2) is 6.90. The number of rotatable bonds is 4. The molecule has 1 heterocycles. The van der Waals surface area contributed by atoms with Crippen LogP contribution in [0.3, 0.4) is 0 Å². The highest BCUT2D eigenvalue weighted by molar-refractivity contribution is 6.39. The van der Waals surface area contributed by atoms with Crippen LogP contribution in [0, 0.1) is 0 Å². The van der Waals surface area contributed by atoms with Gasteiger partial charge in [0.25, 0.3) is 0 Å². The molecule has 1 aromatic heterocycles. The molecule has 108 valence electrons. The number of nitrogens with zero attached hydrogens (tertiary/aromatic N) is 1. The summed E-state index contributed by atoms with van der Waals surface area (Å²) in [6, 6.07) is 9.92. The zero-order chi connectivity index (χ0) is 15.1. The molecule has 2 aromatic rings. The second-order valence-corrected chi connectivity index (χ2v) is 3.90. The van der Waals surface area contributed by atoms with Crippen molar-refractivity contribution in [3.05, 3.63) is 48.4 Å². The minimum absolute atomic E-state index is 0.464. The maximum absolute atomic E-state index is 11.6. The first kappa shape index (κ1) is 14.3. The molecule has 0 aliphatic carbocycles. The average Bonchev–Trinajstić information content (AvgIpc) is 3.01. The summed E-state index contributed by atoms with van der Waals surface area (Å²) in [6.45, 7) is 0. The Morgan fingerprint density at radius 1 is 1.19 bits per heavy atom. The second-order valence-electron chi connectivity index (χ2n) is 3.90. The summed E-state index contributed by atoms with van der Waals surface area (Å²) in [7, 11) is 1.54. The molecule has 0 saturated heterocycles. The number of furan rings is 1. The van der Waals surface area contributed by atoms with Gasteiger partial charge in [-0.15, -0.1) is 0 Å². The number of hydrogen-bond donors (Lipinski definition) is 2. The van der Waals surface area contributed by atoms with Crippen molar-refractivity contribution < 1.29 is 18.7 Å². The number of amides is 2. The van der Waals surface area contributed by atoms with E-state index in [0.717, 1.165) is 0 Å². The number of nitrogens with one attached hydrogen (secondary N) is 2. The molecule has 2 rings (SSSR count). The number of carbonyl (C=O) groups excluding carboxylic acids is 2. The van der Waals surface area contributed by atoms with Crippen LogP contribution in [0.15, 0.2) is 52.2 Å². The molecule has 21 heavy (non-hydrogen) atoms. The van der Waals surface area contributed by atoms with Crippen molar-refractivity contribution in [1.82, 2.24) is 5.43 Å². The summed E-state index contributed by atoms with van der Waals surface area (Å²) in [6.07, 6.45) is 2.76. The topological polar surface area (TPSA) is 92.9 Å². The van der Waals surface area contributed by atoms with Gasteiger partial charge in [0.15, 0.2) is 0 Å². The van der Waals surface area contributed by atoms with Crippen LogP contribution in [0.4, 0.5) is 5.69 Å². The molecule has 0 atom stereocenters. The van der Waals surface area contributed by atoms with Gasteiger partial charge < -0.3 is 14.5 Å². The highest BCUT2D eigenvalue weighted by atomic mass is 16.5. The predicted molar refractivity (Wildman–Crippen MR) is 76.1 cm³/mol. The lowest BCUT2D eigenvalue weighted by atomic mass is 10.3. The SMILES string of the molecule is COc1ccc(NC(=O)C(=O)N/N=C/c2ccco2)cc1. The summed E-state index contributed by atoms with van der Waals surface area (Å²) in [4.78, 5) is 23.1. The Bertz CT molecular complexity index is 633. The van der Waals surface area contributed by atoms with E-state index in [9.17, 15) is 9.59 Å². The molecule has 1 aromatic carbocycles. The third-order valence-corrected chi connectivity index (χ3v) is 2.46. The third-order valence-electron chi connectivity index (χ3n) is 2.46. The van der Waals surface area contributed by atoms with Gasteiger partial charge in [0.2, 0.25) is 0 Å². The molecule has 0 unspecified atom stereocenters. The number of hydrogen-bond acceptors (Lipinski definition) is 5. The quantitative estimate of drug-likeness (QED) is 0.504. The number of methoxy groups -OCH3 is 1. The number of benzene rings is 1. The Kier molecular flexibility index (Phi) is 4.70. The molecule has 2 N–H and O–H groups in total. The van der Waals surface area contributed by atoms with E-state index < -0.39 is 11.8 Å². The van der Waals surface area contributed by atoms with Crippen LogP contribution in [-0.2, 0) is 9.59 Å². The average molecular weight is 287 g/mol. The number of anilines is 1. The van der Waals surface area contributed by atoms with Crippen molar-refractivity contribution in [3.63, 3.8) is 0 Å². The van der Waals surface area contributed by atoms with E-state index in [1.54, 1.807) is 36.4 Å². The predicted octanol–water partition coefficient (Wildman–Crippen LogP) is 1.38. The Morgan fingerprint density at radius 3 is 2.57 bits per heavy atom. The third kappa shape index (κ3) is 4.20. The molecule has 0 fully saturated rings. The molecule has 0 aliphatic heterocycles. The normalized spacial score (nSPS) is 10.3. The smallest absolute Gasteiger partial charge is 0.329 e. The van der Waals surface area contributed by atoms with Crippen LogP contribution < -0.4 is 15.5 Å². The Labute approximate surface area is 120 Å². The lowest BCUT2D eigenvalue weighted by Crippen LogP contribution is -2.32. The minimum Gasteiger partial charge on any atom is -0.497 e. The van der Waals surface area contributed by atoms with Gasteiger partial charge in [-0.25, -0.2) is 5.43 Å². The van der Waals surface area contributed by atoms with Gasteiger partial charge in [-0.1, -0.05) is 0 Å². The first-order chi connectivity index (χ1) is 10.2. The summed E-state index contributed by atoms with van der Waals surface area (Å²) >= 11 is 0. The van der Waals surface area contributed by atoms with E-state index in [4.69, 9.17) is 9.15 Å². The van der Waals surface area contributed by atoms with Crippen molar-refractivity contribution in [2.45, 2.75) is 0 Å². The van der Waals surface area contributed by atoms with E-state index in [1.165, 1.54) is 19.6 Å². The van der Waals surface area contributed by atoms with Crippen LogP contribution in [0.25, 0.3) is 0 Å². The first-order valence-electron chi connectivity index (χ1n) is 6.01. The van der Waals surface area contributed by atoms with Gasteiger partial charge in [0.05, 0.1) is 19.6 Å². The van der Waals surface area contributed by atoms with E-state index >= 15 is 0 Å². The van der Waals surface area contributed by atoms with Crippen LogP contribution >= 0.6 is 0 Å². The van der Waals surface area contributed by atoms with E-state index in [2.05, 4.69) is 15.8 Å². The van der Waals surface area contributed by atoms with Crippen molar-refractivity contribution in [2.24, 2.45) is 5.10 Å². The van der Waals surface area contributed by atoms with Gasteiger partial charge in [-0.2, -0.15) is 5.10 Å². The highest BCUT2D eigenvalue weighted by Gasteiger charge is 2.12. The van der Waals surface area contributed by atoms with Gasteiger partial charge in [-0.05, 0) is 36.4 Å². The summed E-state index contributed by atoms with van der Waals surface area (Å²) in [5.41, 5.74) is 2.58. The van der Waals surface area contributed by atoms with Gasteiger partial charge in [0, 0.05) is 5.69 Å². The largest absolute Gasteiger partial charge is 0.497 e. The van der Waals surface area contributed by atoms with Crippen molar-refractivity contribution in [2.75, 3.05) is 12.4 Å². The summed E-state index contributed by atoms with van der Waals surface area (Å²) in [5.74, 6) is -0.586. The fourth-order valence-electron chi connectivity index (χ4n) is 1.43. The molecular weight excluding hydrogens is 274 g/mol. The lowest BCUT2D eigenvalue weighted by molar-refractivity contribution is -0.136. The molecule has 7 nitrogen and oxygen atoms in total. The highest BCUT2D eigenvalue weighted by Crippen LogP contribution is 2.14. The molecule has 0 spiro atoms. The molecule has 0 bridgehead atoms. The Hall–Kier alpha value is -3.09. The van der Waals surface area contributed by atoms with Crippen LogP contribution in [0.2, 0.25) is 0 Å². The Morgan fingerprint density at radius 2 is 1.95 bits per heavy atom. The number of ether oxygens (including phenoxy) is 1. The fraction of sp³-hybridized carbons (Fsp3) is 0.0714. The number of hydrazone groups is 1. The van der Waals surface area contributed by atoms with Crippen molar-refractivity contribution in [1.29, 1.82) is 0 Å². The number of carbonyl (C=O) groups is 2. The monoisotopic (exact) mass is 287 g/mol. The van der Waals surface area contributed by atoms with Crippen LogP contribution in [0.1, 0.15) is 5.76 Å². The van der Waals surface area contributed by atoms with Gasteiger partial charge in [-0.3, -0.25) is 9.59 Å². The van der Waals surface area contributed by atoms with Crippen LogP contribution in [0.5, 0.6) is 5.75 Å². The van der Waals surface area contributed by atoms with Gasteiger partial charge >= 0.3 is 11.8 Å². The van der Waals surface area contributed by atoms with Crippen LogP contribution in [-0.4, -0.2) is 25.1 Å². The molecule has 0 radical (unpaired) electrons. The van der Waals surface area contributed by atoms with Crippen molar-refractivity contribution >= 4 is 23.7 Å². The lowest BCUT2D eigenvalue weighted by Gasteiger charge is -2.04. The zero-order valence-corrected chi connectivity index (χ0v) is 11.2.